The Hall–Kier alpha value is -1.50. The Bertz CT molecular complexity index is 482. The Labute approximate surface area is 116 Å². The van der Waals surface area contributed by atoms with Gasteiger partial charge in [-0.05, 0) is 6.07 Å². The number of carboxylic acid groups (broad SMARTS) is 1. The molecule has 0 radical (unpaired) electrons. The fraction of sp³-hybridized carbons (Fsp3) is 0.500. The molecule has 5 nitrogen and oxygen atoms in total. The molecule has 2 atom stereocenters. The monoisotopic (exact) mass is 283 g/mol. The highest BCUT2D eigenvalue weighted by molar-refractivity contribution is 5.88. The van der Waals surface area contributed by atoms with E-state index in [4.69, 9.17) is 14.6 Å². The Kier molecular flexibility index (Phi) is 4.69. The van der Waals surface area contributed by atoms with E-state index in [1.54, 1.807) is 26.4 Å². The van der Waals surface area contributed by atoms with Gasteiger partial charge in [0.2, 0.25) is 0 Å². The van der Waals surface area contributed by atoms with Crippen LogP contribution in [0.15, 0.2) is 18.2 Å². The van der Waals surface area contributed by atoms with E-state index in [0.29, 0.717) is 25.2 Å². The molecule has 1 aromatic carbocycles. The molecule has 1 aliphatic rings. The van der Waals surface area contributed by atoms with Crippen LogP contribution >= 0.6 is 0 Å². The van der Waals surface area contributed by atoms with E-state index >= 15 is 0 Å². The van der Waals surface area contributed by atoms with Gasteiger partial charge in [0.25, 0.3) is 0 Å². The summed E-state index contributed by atoms with van der Waals surface area (Å²) in [5.74, 6) is -1.93. The predicted molar refractivity (Wildman–Crippen MR) is 70.2 cm³/mol. The van der Waals surface area contributed by atoms with Gasteiger partial charge in [-0.1, -0.05) is 12.1 Å². The lowest BCUT2D eigenvalue weighted by Crippen LogP contribution is -2.27. The van der Waals surface area contributed by atoms with Crippen LogP contribution in [0.2, 0.25) is 0 Å². The number of ether oxygens (including phenoxy) is 2. The molecule has 0 saturated carbocycles. The lowest BCUT2D eigenvalue weighted by molar-refractivity contribution is -0.00461. The molecule has 1 N–H and O–H groups in total. The zero-order valence-electron chi connectivity index (χ0n) is 11.5. The molecule has 1 aliphatic heterocycles. The topological polar surface area (TPSA) is 59.0 Å². The average molecular weight is 283 g/mol. The number of hydrogen-bond donors (Lipinski definition) is 1. The molecule has 0 spiro atoms. The first-order valence-electron chi connectivity index (χ1n) is 6.35. The summed E-state index contributed by atoms with van der Waals surface area (Å²) < 4.78 is 24.7. The summed E-state index contributed by atoms with van der Waals surface area (Å²) in [4.78, 5) is 12.9. The lowest BCUT2D eigenvalue weighted by atomic mass is 10.1. The molecule has 1 aromatic rings. The Morgan fingerprint density at radius 2 is 1.95 bits per heavy atom. The van der Waals surface area contributed by atoms with Crippen LogP contribution in [-0.4, -0.2) is 55.5 Å². The second-order valence-electron chi connectivity index (χ2n) is 4.83. The van der Waals surface area contributed by atoms with E-state index in [9.17, 15) is 9.18 Å². The molecule has 0 aromatic heterocycles. The molecule has 0 aliphatic carbocycles. The summed E-state index contributed by atoms with van der Waals surface area (Å²) in [5, 5.41) is 8.92. The predicted octanol–water partition coefficient (Wildman–Crippen LogP) is 1.37. The highest BCUT2D eigenvalue weighted by Crippen LogP contribution is 2.21. The quantitative estimate of drug-likeness (QED) is 0.884. The van der Waals surface area contributed by atoms with Gasteiger partial charge in [0, 0.05) is 39.4 Å². The van der Waals surface area contributed by atoms with Crippen LogP contribution < -0.4 is 0 Å². The number of nitrogens with zero attached hydrogens (tertiary/aromatic N) is 1. The second kappa shape index (κ2) is 6.30. The third kappa shape index (κ3) is 2.98. The van der Waals surface area contributed by atoms with Gasteiger partial charge in [-0.15, -0.1) is 0 Å². The Balaban J connectivity index is 2.12. The van der Waals surface area contributed by atoms with Crippen LogP contribution in [0.25, 0.3) is 0 Å². The zero-order valence-corrected chi connectivity index (χ0v) is 11.5. The van der Waals surface area contributed by atoms with E-state index < -0.39 is 11.8 Å². The van der Waals surface area contributed by atoms with Gasteiger partial charge < -0.3 is 14.6 Å². The fourth-order valence-electron chi connectivity index (χ4n) is 2.51. The smallest absolute Gasteiger partial charge is 0.338 e. The van der Waals surface area contributed by atoms with Gasteiger partial charge in [0.05, 0.1) is 17.8 Å². The minimum atomic E-state index is -1.25. The molecule has 1 heterocycles. The van der Waals surface area contributed by atoms with Crippen molar-refractivity contribution in [2.75, 3.05) is 27.3 Å². The first kappa shape index (κ1) is 14.9. The molecule has 0 bridgehead atoms. The first-order chi connectivity index (χ1) is 9.56. The number of aromatic carboxylic acids is 1. The van der Waals surface area contributed by atoms with E-state index in [1.165, 1.54) is 6.07 Å². The van der Waals surface area contributed by atoms with E-state index in [2.05, 4.69) is 0 Å². The van der Waals surface area contributed by atoms with Crippen molar-refractivity contribution in [3.63, 3.8) is 0 Å². The highest BCUT2D eigenvalue weighted by atomic mass is 19.1. The first-order valence-corrected chi connectivity index (χ1v) is 6.35. The van der Waals surface area contributed by atoms with Crippen molar-refractivity contribution >= 4 is 5.97 Å². The number of carboxylic acids is 1. The van der Waals surface area contributed by atoms with Crippen LogP contribution in [-0.2, 0) is 16.0 Å². The van der Waals surface area contributed by atoms with Gasteiger partial charge in [0.15, 0.2) is 0 Å². The Morgan fingerprint density at radius 1 is 1.35 bits per heavy atom. The van der Waals surface area contributed by atoms with Gasteiger partial charge in [-0.2, -0.15) is 0 Å². The standard InChI is InChI=1S/C14H18FNO4/c1-19-11-7-16(8-12(11)20-2)6-9-4-3-5-10(13(9)15)14(17)18/h3-5,11-12H,6-8H2,1-2H3,(H,17,18). The van der Waals surface area contributed by atoms with Crippen LogP contribution in [0.1, 0.15) is 15.9 Å². The normalized spacial score (nSPS) is 23.1. The highest BCUT2D eigenvalue weighted by Gasteiger charge is 2.33. The number of rotatable bonds is 5. The van der Waals surface area contributed by atoms with Crippen molar-refractivity contribution in [2.45, 2.75) is 18.8 Å². The third-order valence-electron chi connectivity index (χ3n) is 3.60. The van der Waals surface area contributed by atoms with Gasteiger partial charge in [-0.25, -0.2) is 9.18 Å². The fourth-order valence-corrected chi connectivity index (χ4v) is 2.51. The Morgan fingerprint density at radius 3 is 2.45 bits per heavy atom. The third-order valence-corrected chi connectivity index (χ3v) is 3.60. The van der Waals surface area contributed by atoms with Crippen molar-refractivity contribution in [1.29, 1.82) is 0 Å². The van der Waals surface area contributed by atoms with Crippen molar-refractivity contribution < 1.29 is 23.8 Å². The molecule has 6 heteroatoms. The molecule has 110 valence electrons. The molecule has 2 rings (SSSR count). The minimum Gasteiger partial charge on any atom is -0.478 e. The molecule has 20 heavy (non-hydrogen) atoms. The van der Waals surface area contributed by atoms with Crippen molar-refractivity contribution in [3.8, 4) is 0 Å². The number of benzene rings is 1. The van der Waals surface area contributed by atoms with Crippen LogP contribution in [0, 0.1) is 5.82 Å². The largest absolute Gasteiger partial charge is 0.478 e. The van der Waals surface area contributed by atoms with Crippen LogP contribution in [0.5, 0.6) is 0 Å². The van der Waals surface area contributed by atoms with Crippen LogP contribution in [0.3, 0.4) is 0 Å². The summed E-state index contributed by atoms with van der Waals surface area (Å²) in [5.41, 5.74) is 0.0739. The number of halogens is 1. The number of hydrogen-bond acceptors (Lipinski definition) is 4. The SMILES string of the molecule is COC1CN(Cc2cccc(C(=O)O)c2F)CC1OC. The average Bonchev–Trinajstić information content (AvgIpc) is 2.83. The number of carbonyl (C=O) groups is 1. The number of methoxy groups -OCH3 is 2. The maximum Gasteiger partial charge on any atom is 0.338 e. The summed E-state index contributed by atoms with van der Waals surface area (Å²) in [6.07, 6.45) is -0.101. The molecular weight excluding hydrogens is 265 g/mol. The molecule has 0 amide bonds. The summed E-state index contributed by atoms with van der Waals surface area (Å²) >= 11 is 0. The molecule has 1 fully saturated rings. The van der Waals surface area contributed by atoms with E-state index in [1.807, 2.05) is 4.90 Å². The van der Waals surface area contributed by atoms with Gasteiger partial charge >= 0.3 is 5.97 Å². The minimum absolute atomic E-state index is 0.0503. The number of likely N-dealkylation sites (tertiary alicyclic amines) is 1. The molecule has 2 unspecified atom stereocenters. The summed E-state index contributed by atoms with van der Waals surface area (Å²) in [7, 11) is 3.23. The van der Waals surface area contributed by atoms with E-state index in [0.717, 1.165) is 0 Å². The second-order valence-corrected chi connectivity index (χ2v) is 4.83. The van der Waals surface area contributed by atoms with Gasteiger partial charge in [0.1, 0.15) is 5.82 Å². The van der Waals surface area contributed by atoms with Crippen molar-refractivity contribution in [2.24, 2.45) is 0 Å². The van der Waals surface area contributed by atoms with Crippen molar-refractivity contribution in [1.82, 2.24) is 4.90 Å². The van der Waals surface area contributed by atoms with Crippen LogP contribution in [0.4, 0.5) is 4.39 Å². The summed E-state index contributed by atoms with van der Waals surface area (Å²) in [6.45, 7) is 1.60. The summed E-state index contributed by atoms with van der Waals surface area (Å²) in [6, 6.07) is 4.42. The maximum atomic E-state index is 14.1. The molecular formula is C14H18FNO4. The lowest BCUT2D eigenvalue weighted by Gasteiger charge is -2.16. The van der Waals surface area contributed by atoms with E-state index in [-0.39, 0.29) is 17.8 Å². The van der Waals surface area contributed by atoms with Crippen molar-refractivity contribution in [3.05, 3.63) is 35.1 Å². The molecule has 1 saturated heterocycles. The van der Waals surface area contributed by atoms with Gasteiger partial charge in [-0.3, -0.25) is 4.90 Å². The zero-order chi connectivity index (χ0) is 14.7. The maximum absolute atomic E-state index is 14.1.